The van der Waals surface area contributed by atoms with Gasteiger partial charge in [-0.05, 0) is 63.9 Å². The number of carbonyl (C=O) groups is 1. The lowest BCUT2D eigenvalue weighted by Crippen LogP contribution is -2.46. The summed E-state index contributed by atoms with van der Waals surface area (Å²) in [7, 11) is 0. The van der Waals surface area contributed by atoms with Gasteiger partial charge in [-0.2, -0.15) is 0 Å². The predicted molar refractivity (Wildman–Crippen MR) is 111 cm³/mol. The van der Waals surface area contributed by atoms with Gasteiger partial charge in [0.25, 0.3) is 0 Å². The molecule has 6 nitrogen and oxygen atoms in total. The highest BCUT2D eigenvalue weighted by atomic mass is 16.5. The fourth-order valence-corrected chi connectivity index (χ4v) is 4.03. The first kappa shape index (κ1) is 20.8. The fourth-order valence-electron chi connectivity index (χ4n) is 4.03. The zero-order chi connectivity index (χ0) is 19.8. The summed E-state index contributed by atoms with van der Waals surface area (Å²) in [6.45, 7) is 9.52. The number of rotatable bonds is 8. The Morgan fingerprint density at radius 2 is 1.82 bits per heavy atom. The Hall–Kier alpha value is -1.95. The molecule has 0 bridgehead atoms. The van der Waals surface area contributed by atoms with Crippen LogP contribution in [0.1, 0.15) is 46.0 Å². The van der Waals surface area contributed by atoms with E-state index >= 15 is 0 Å². The SMILES string of the molecule is CCNC(=O)N1CCC(Oc2ccc(OCCCN3CCCC3C)cc2)CC1. The smallest absolute Gasteiger partial charge is 0.317 e. The van der Waals surface area contributed by atoms with Crippen LogP contribution in [0.5, 0.6) is 11.5 Å². The molecule has 1 aromatic carbocycles. The summed E-state index contributed by atoms with van der Waals surface area (Å²) < 4.78 is 12.0. The van der Waals surface area contributed by atoms with E-state index in [1.54, 1.807) is 0 Å². The second kappa shape index (κ2) is 10.6. The minimum absolute atomic E-state index is 0.0293. The van der Waals surface area contributed by atoms with Crippen LogP contribution in [0.4, 0.5) is 4.79 Å². The molecule has 1 aromatic rings. The molecule has 2 aliphatic rings. The highest BCUT2D eigenvalue weighted by Gasteiger charge is 2.23. The number of likely N-dealkylation sites (tertiary alicyclic amines) is 2. The Labute approximate surface area is 169 Å². The third-order valence-corrected chi connectivity index (χ3v) is 5.73. The maximum Gasteiger partial charge on any atom is 0.317 e. The zero-order valence-corrected chi connectivity index (χ0v) is 17.4. The molecule has 28 heavy (non-hydrogen) atoms. The van der Waals surface area contributed by atoms with Gasteiger partial charge < -0.3 is 24.6 Å². The summed E-state index contributed by atoms with van der Waals surface area (Å²) in [6, 6.07) is 8.68. The number of hydrogen-bond donors (Lipinski definition) is 1. The quantitative estimate of drug-likeness (QED) is 0.691. The van der Waals surface area contributed by atoms with Crippen LogP contribution in [0, 0.1) is 0 Å². The van der Waals surface area contributed by atoms with Crippen LogP contribution in [-0.2, 0) is 0 Å². The Morgan fingerprint density at radius 3 is 2.46 bits per heavy atom. The monoisotopic (exact) mass is 389 g/mol. The first-order valence-electron chi connectivity index (χ1n) is 10.8. The van der Waals surface area contributed by atoms with E-state index in [0.29, 0.717) is 6.54 Å². The molecule has 0 aromatic heterocycles. The lowest BCUT2D eigenvalue weighted by Gasteiger charge is -2.32. The van der Waals surface area contributed by atoms with Crippen LogP contribution in [0.15, 0.2) is 24.3 Å². The average Bonchev–Trinajstić information content (AvgIpc) is 3.12. The summed E-state index contributed by atoms with van der Waals surface area (Å²) in [5, 5.41) is 2.85. The van der Waals surface area contributed by atoms with Crippen molar-refractivity contribution >= 4 is 6.03 Å². The van der Waals surface area contributed by atoms with E-state index in [2.05, 4.69) is 17.1 Å². The van der Waals surface area contributed by atoms with Crippen LogP contribution < -0.4 is 14.8 Å². The van der Waals surface area contributed by atoms with Gasteiger partial charge in [0.15, 0.2) is 0 Å². The molecular formula is C22H35N3O3. The first-order chi connectivity index (χ1) is 13.7. The van der Waals surface area contributed by atoms with Crippen LogP contribution in [0.3, 0.4) is 0 Å². The number of amides is 2. The third kappa shape index (κ3) is 6.03. The lowest BCUT2D eigenvalue weighted by molar-refractivity contribution is 0.111. The van der Waals surface area contributed by atoms with Gasteiger partial charge >= 0.3 is 6.03 Å². The minimum Gasteiger partial charge on any atom is -0.494 e. The zero-order valence-electron chi connectivity index (χ0n) is 17.4. The number of hydrogen-bond acceptors (Lipinski definition) is 4. The standard InChI is InChI=1S/C22H35N3O3/c1-3-23-22(26)25-15-11-21(12-16-25)28-20-9-7-19(8-10-20)27-17-5-14-24-13-4-6-18(24)2/h7-10,18,21H,3-6,11-17H2,1-2H3,(H,23,26). The van der Waals surface area contributed by atoms with Gasteiger partial charge in [0.05, 0.1) is 6.61 Å². The van der Waals surface area contributed by atoms with Gasteiger partial charge in [0.1, 0.15) is 17.6 Å². The van der Waals surface area contributed by atoms with E-state index in [4.69, 9.17) is 9.47 Å². The number of carbonyl (C=O) groups excluding carboxylic acids is 1. The molecule has 2 aliphatic heterocycles. The molecule has 0 aliphatic carbocycles. The topological polar surface area (TPSA) is 54.0 Å². The summed E-state index contributed by atoms with van der Waals surface area (Å²) in [6.07, 6.45) is 5.61. The van der Waals surface area contributed by atoms with Crippen molar-refractivity contribution in [3.05, 3.63) is 24.3 Å². The van der Waals surface area contributed by atoms with Crippen molar-refractivity contribution in [1.82, 2.24) is 15.1 Å². The van der Waals surface area contributed by atoms with Crippen molar-refractivity contribution in [2.75, 3.05) is 39.3 Å². The molecule has 1 N–H and O–H groups in total. The van der Waals surface area contributed by atoms with Crippen molar-refractivity contribution in [2.24, 2.45) is 0 Å². The highest BCUT2D eigenvalue weighted by Crippen LogP contribution is 2.22. The molecule has 1 unspecified atom stereocenters. The van der Waals surface area contributed by atoms with E-state index in [-0.39, 0.29) is 12.1 Å². The molecule has 0 spiro atoms. The molecule has 6 heteroatoms. The highest BCUT2D eigenvalue weighted by molar-refractivity contribution is 5.74. The van der Waals surface area contributed by atoms with Crippen molar-refractivity contribution < 1.29 is 14.3 Å². The van der Waals surface area contributed by atoms with Crippen molar-refractivity contribution in [2.45, 2.75) is 58.1 Å². The average molecular weight is 390 g/mol. The predicted octanol–water partition coefficient (Wildman–Crippen LogP) is 3.51. The second-order valence-corrected chi connectivity index (χ2v) is 7.84. The summed E-state index contributed by atoms with van der Waals surface area (Å²) in [5.74, 6) is 1.77. The number of nitrogens with one attached hydrogen (secondary N) is 1. The number of urea groups is 1. The Morgan fingerprint density at radius 1 is 1.11 bits per heavy atom. The van der Waals surface area contributed by atoms with Gasteiger partial charge in [-0.1, -0.05) is 0 Å². The van der Waals surface area contributed by atoms with Crippen molar-refractivity contribution in [3.8, 4) is 11.5 Å². The van der Waals surface area contributed by atoms with Gasteiger partial charge in [-0.15, -0.1) is 0 Å². The summed E-state index contributed by atoms with van der Waals surface area (Å²) >= 11 is 0. The maximum absolute atomic E-state index is 11.9. The molecule has 0 saturated carbocycles. The fraction of sp³-hybridized carbons (Fsp3) is 0.682. The van der Waals surface area contributed by atoms with Crippen molar-refractivity contribution in [3.63, 3.8) is 0 Å². The maximum atomic E-state index is 11.9. The summed E-state index contributed by atoms with van der Waals surface area (Å²) in [4.78, 5) is 16.3. The van der Waals surface area contributed by atoms with Crippen LogP contribution in [0.2, 0.25) is 0 Å². The largest absolute Gasteiger partial charge is 0.494 e. The molecular weight excluding hydrogens is 354 g/mol. The third-order valence-electron chi connectivity index (χ3n) is 5.73. The number of nitrogens with zero attached hydrogens (tertiary/aromatic N) is 2. The van der Waals surface area contributed by atoms with E-state index in [0.717, 1.165) is 63.0 Å². The van der Waals surface area contributed by atoms with Gasteiger partial charge in [0, 0.05) is 45.1 Å². The van der Waals surface area contributed by atoms with Gasteiger partial charge in [-0.25, -0.2) is 4.79 Å². The Bertz CT molecular complexity index is 600. The molecule has 1 atom stereocenters. The second-order valence-electron chi connectivity index (χ2n) is 7.84. The Balaban J connectivity index is 1.34. The number of piperidine rings is 1. The minimum atomic E-state index is 0.0293. The van der Waals surface area contributed by atoms with E-state index in [1.165, 1.54) is 19.4 Å². The molecule has 2 heterocycles. The number of benzene rings is 1. The van der Waals surface area contributed by atoms with Crippen LogP contribution >= 0.6 is 0 Å². The molecule has 2 saturated heterocycles. The molecule has 156 valence electrons. The molecule has 2 amide bonds. The van der Waals surface area contributed by atoms with E-state index < -0.39 is 0 Å². The summed E-state index contributed by atoms with van der Waals surface area (Å²) in [5.41, 5.74) is 0. The Kier molecular flexibility index (Phi) is 7.83. The normalized spacial score (nSPS) is 20.9. The van der Waals surface area contributed by atoms with Gasteiger partial charge in [0.2, 0.25) is 0 Å². The van der Waals surface area contributed by atoms with Crippen molar-refractivity contribution in [1.29, 1.82) is 0 Å². The van der Waals surface area contributed by atoms with E-state index in [1.807, 2.05) is 36.1 Å². The van der Waals surface area contributed by atoms with Crippen LogP contribution in [0.25, 0.3) is 0 Å². The van der Waals surface area contributed by atoms with Gasteiger partial charge in [-0.3, -0.25) is 0 Å². The molecule has 3 rings (SSSR count). The molecule has 2 fully saturated rings. The molecule has 0 radical (unpaired) electrons. The van der Waals surface area contributed by atoms with Crippen LogP contribution in [-0.4, -0.2) is 67.3 Å². The van der Waals surface area contributed by atoms with E-state index in [9.17, 15) is 4.79 Å². The lowest BCUT2D eigenvalue weighted by atomic mass is 10.1. The first-order valence-corrected chi connectivity index (χ1v) is 10.8. The number of ether oxygens (including phenoxy) is 2.